The molecule has 3 N–H and O–H groups in total. The number of primary amides is 1. The average Bonchev–Trinajstić information content (AvgIpc) is 2.77. The number of likely N-dealkylation sites (tertiary alicyclic amines) is 1. The number of nitrogens with two attached hydrogens (primary N) is 1. The summed E-state index contributed by atoms with van der Waals surface area (Å²) in [4.78, 5) is 13.8. The maximum absolute atomic E-state index is 11.3. The molecule has 2 aliphatic rings. The molecule has 0 bridgehead atoms. The third-order valence-electron chi connectivity index (χ3n) is 4.19. The van der Waals surface area contributed by atoms with Gasteiger partial charge in [0.25, 0.3) is 0 Å². The van der Waals surface area contributed by atoms with E-state index in [0.717, 1.165) is 32.5 Å². The number of rotatable bonds is 3. The number of carbonyl (C=O) groups excluding carboxylic acids is 1. The minimum Gasteiger partial charge on any atom is -0.369 e. The number of piperidine rings is 1. The highest BCUT2D eigenvalue weighted by Crippen LogP contribution is 2.29. The molecule has 17 heavy (non-hydrogen) atoms. The van der Waals surface area contributed by atoms with Crippen LogP contribution in [0, 0.1) is 5.92 Å². The largest absolute Gasteiger partial charge is 0.369 e. The number of nitrogens with one attached hydrogen (secondary N) is 1. The molecule has 4 atom stereocenters. The van der Waals surface area contributed by atoms with E-state index in [4.69, 9.17) is 5.73 Å². The van der Waals surface area contributed by atoms with Crippen LogP contribution in [0.2, 0.25) is 0 Å². The first kappa shape index (κ1) is 13.2. The van der Waals surface area contributed by atoms with Gasteiger partial charge in [-0.05, 0) is 26.0 Å². The Kier molecular flexibility index (Phi) is 4.33. The van der Waals surface area contributed by atoms with E-state index >= 15 is 0 Å². The summed E-state index contributed by atoms with van der Waals surface area (Å²) >= 11 is 1.93. The second-order valence-corrected chi connectivity index (χ2v) is 6.30. The summed E-state index contributed by atoms with van der Waals surface area (Å²) in [5.74, 6) is -0.0807. The van der Waals surface area contributed by atoms with Crippen LogP contribution in [0.1, 0.15) is 19.8 Å². The topological polar surface area (TPSA) is 58.4 Å². The Morgan fingerprint density at radius 1 is 1.41 bits per heavy atom. The van der Waals surface area contributed by atoms with E-state index < -0.39 is 0 Å². The normalized spacial score (nSPS) is 39.4. The number of hydrogen-bond donors (Lipinski definition) is 2. The van der Waals surface area contributed by atoms with Crippen LogP contribution in [0.3, 0.4) is 0 Å². The zero-order valence-electron chi connectivity index (χ0n) is 10.7. The van der Waals surface area contributed by atoms with Gasteiger partial charge in [-0.3, -0.25) is 9.69 Å². The number of amides is 1. The van der Waals surface area contributed by atoms with Crippen molar-refractivity contribution < 1.29 is 4.79 Å². The molecule has 0 saturated carbocycles. The summed E-state index contributed by atoms with van der Waals surface area (Å²) < 4.78 is 0. The first-order valence-corrected chi connectivity index (χ1v) is 7.70. The quantitative estimate of drug-likeness (QED) is 0.762. The third kappa shape index (κ3) is 2.77. The fourth-order valence-corrected chi connectivity index (χ4v) is 3.89. The monoisotopic (exact) mass is 257 g/mol. The lowest BCUT2D eigenvalue weighted by Gasteiger charge is -2.42. The zero-order valence-corrected chi connectivity index (χ0v) is 11.5. The summed E-state index contributed by atoms with van der Waals surface area (Å²) in [6.07, 6.45) is 4.22. The van der Waals surface area contributed by atoms with Crippen LogP contribution in [0.15, 0.2) is 0 Å². The Hall–Kier alpha value is -0.260. The van der Waals surface area contributed by atoms with Crippen LogP contribution in [0.25, 0.3) is 0 Å². The molecule has 0 aromatic rings. The van der Waals surface area contributed by atoms with Gasteiger partial charge in [0, 0.05) is 37.0 Å². The van der Waals surface area contributed by atoms with Crippen molar-refractivity contribution in [3.63, 3.8) is 0 Å². The smallest absolute Gasteiger partial charge is 0.221 e. The molecule has 4 nitrogen and oxygen atoms in total. The fourth-order valence-electron chi connectivity index (χ4n) is 3.04. The van der Waals surface area contributed by atoms with Crippen LogP contribution in [-0.2, 0) is 4.79 Å². The Morgan fingerprint density at radius 2 is 2.18 bits per heavy atom. The van der Waals surface area contributed by atoms with Crippen molar-refractivity contribution in [2.75, 3.05) is 25.9 Å². The number of nitrogens with zero attached hydrogens (tertiary/aromatic N) is 1. The predicted molar refractivity (Wildman–Crippen MR) is 72.0 cm³/mol. The highest BCUT2D eigenvalue weighted by atomic mass is 32.2. The molecule has 2 rings (SSSR count). The maximum atomic E-state index is 11.3. The summed E-state index contributed by atoms with van der Waals surface area (Å²) in [6, 6.07) is 1.13. The summed E-state index contributed by atoms with van der Waals surface area (Å²) in [5.41, 5.74) is 5.45. The molecular formula is C12H23N3OS. The van der Waals surface area contributed by atoms with E-state index in [2.05, 4.69) is 23.4 Å². The molecule has 0 aliphatic carbocycles. The molecule has 1 amide bonds. The molecule has 2 aliphatic heterocycles. The minimum atomic E-state index is -0.131. The van der Waals surface area contributed by atoms with Gasteiger partial charge in [-0.2, -0.15) is 11.8 Å². The summed E-state index contributed by atoms with van der Waals surface area (Å²) in [6.45, 7) is 5.24. The SMILES string of the molecule is CSC1CNCC1N1CC(C(N)=O)CCC1C. The van der Waals surface area contributed by atoms with Crippen LogP contribution in [0.5, 0.6) is 0 Å². The van der Waals surface area contributed by atoms with Crippen molar-refractivity contribution in [3.8, 4) is 0 Å². The van der Waals surface area contributed by atoms with Crippen LogP contribution in [0.4, 0.5) is 0 Å². The Labute approximate surface area is 108 Å². The highest BCUT2D eigenvalue weighted by molar-refractivity contribution is 7.99. The molecule has 4 unspecified atom stereocenters. The molecule has 0 aromatic carbocycles. The Bertz CT molecular complexity index is 287. The van der Waals surface area contributed by atoms with Crippen molar-refractivity contribution in [3.05, 3.63) is 0 Å². The van der Waals surface area contributed by atoms with Crippen molar-refractivity contribution in [2.45, 2.75) is 37.1 Å². The van der Waals surface area contributed by atoms with Gasteiger partial charge in [-0.25, -0.2) is 0 Å². The van der Waals surface area contributed by atoms with Crippen LogP contribution in [-0.4, -0.2) is 54.0 Å². The first-order chi connectivity index (χ1) is 8.13. The lowest BCUT2D eigenvalue weighted by molar-refractivity contribution is -0.124. The average molecular weight is 257 g/mol. The van der Waals surface area contributed by atoms with Gasteiger partial charge in [0.15, 0.2) is 0 Å². The lowest BCUT2D eigenvalue weighted by Crippen LogP contribution is -2.53. The van der Waals surface area contributed by atoms with E-state index in [0.29, 0.717) is 17.3 Å². The molecule has 5 heteroatoms. The second-order valence-electron chi connectivity index (χ2n) is 5.22. The maximum Gasteiger partial charge on any atom is 0.221 e. The third-order valence-corrected chi connectivity index (χ3v) is 5.28. The predicted octanol–water partition coefficient (Wildman–Crippen LogP) is 0.276. The molecule has 2 fully saturated rings. The van der Waals surface area contributed by atoms with Crippen molar-refractivity contribution in [1.29, 1.82) is 0 Å². The van der Waals surface area contributed by atoms with Gasteiger partial charge in [-0.1, -0.05) is 0 Å². The van der Waals surface area contributed by atoms with Gasteiger partial charge in [0.1, 0.15) is 0 Å². The molecule has 98 valence electrons. The van der Waals surface area contributed by atoms with Gasteiger partial charge < -0.3 is 11.1 Å². The molecular weight excluding hydrogens is 234 g/mol. The van der Waals surface area contributed by atoms with Gasteiger partial charge in [0.05, 0.1) is 5.92 Å². The van der Waals surface area contributed by atoms with Crippen LogP contribution >= 0.6 is 11.8 Å². The number of carbonyl (C=O) groups is 1. The van der Waals surface area contributed by atoms with Gasteiger partial charge in [0.2, 0.25) is 5.91 Å². The molecule has 2 saturated heterocycles. The summed E-state index contributed by atoms with van der Waals surface area (Å²) in [5, 5.41) is 4.10. The molecule has 0 radical (unpaired) electrons. The number of hydrogen-bond acceptors (Lipinski definition) is 4. The van der Waals surface area contributed by atoms with E-state index in [9.17, 15) is 4.79 Å². The molecule has 0 spiro atoms. The summed E-state index contributed by atoms with van der Waals surface area (Å²) in [7, 11) is 0. The minimum absolute atomic E-state index is 0.0503. The van der Waals surface area contributed by atoms with E-state index in [1.807, 2.05) is 11.8 Å². The zero-order chi connectivity index (χ0) is 12.4. The Morgan fingerprint density at radius 3 is 2.82 bits per heavy atom. The van der Waals surface area contributed by atoms with E-state index in [1.165, 1.54) is 0 Å². The van der Waals surface area contributed by atoms with E-state index in [-0.39, 0.29) is 11.8 Å². The van der Waals surface area contributed by atoms with Crippen LogP contribution < -0.4 is 11.1 Å². The first-order valence-electron chi connectivity index (χ1n) is 6.42. The van der Waals surface area contributed by atoms with Crippen molar-refractivity contribution >= 4 is 17.7 Å². The van der Waals surface area contributed by atoms with E-state index in [1.54, 1.807) is 0 Å². The van der Waals surface area contributed by atoms with Crippen molar-refractivity contribution in [1.82, 2.24) is 10.2 Å². The Balaban J connectivity index is 2.04. The fraction of sp³-hybridized carbons (Fsp3) is 0.917. The molecule has 0 aromatic heterocycles. The number of thioether (sulfide) groups is 1. The second kappa shape index (κ2) is 5.59. The standard InChI is InChI=1S/C12H23N3OS/c1-8-3-4-9(12(13)16)7-15(8)10-5-14-6-11(10)17-2/h8-11,14H,3-7H2,1-2H3,(H2,13,16). The lowest BCUT2D eigenvalue weighted by atomic mass is 9.91. The van der Waals surface area contributed by atoms with Gasteiger partial charge in [-0.15, -0.1) is 0 Å². The molecule has 2 heterocycles. The van der Waals surface area contributed by atoms with Gasteiger partial charge >= 0.3 is 0 Å². The van der Waals surface area contributed by atoms with Crippen molar-refractivity contribution in [2.24, 2.45) is 11.7 Å². The highest BCUT2D eigenvalue weighted by Gasteiger charge is 2.38.